The summed E-state index contributed by atoms with van der Waals surface area (Å²) in [6, 6.07) is 6.72. The summed E-state index contributed by atoms with van der Waals surface area (Å²) in [6.45, 7) is 0. The summed E-state index contributed by atoms with van der Waals surface area (Å²) in [5, 5.41) is -0.483. The van der Waals surface area contributed by atoms with Crippen LogP contribution < -0.4 is 4.74 Å². The minimum atomic E-state index is -0.483. The summed E-state index contributed by atoms with van der Waals surface area (Å²) in [6.07, 6.45) is 0.575. The average molecular weight is 299 g/mol. The number of esters is 2. The molecule has 0 amide bonds. The van der Waals surface area contributed by atoms with E-state index in [4.69, 9.17) is 16.3 Å². The van der Waals surface area contributed by atoms with E-state index in [0.717, 1.165) is 0 Å². The maximum Gasteiger partial charge on any atom is 0.311 e. The number of hydrogen-bond donors (Lipinski definition) is 0. The maximum absolute atomic E-state index is 11.6. The molecule has 0 atom stereocenters. The van der Waals surface area contributed by atoms with Crippen molar-refractivity contribution in [1.29, 1.82) is 0 Å². The maximum atomic E-state index is 11.6. The van der Waals surface area contributed by atoms with Crippen molar-refractivity contribution in [3.05, 3.63) is 29.8 Å². The largest absolute Gasteiger partial charge is 0.469 e. The number of carbonyl (C=O) groups excluding carboxylic acids is 3. The Morgan fingerprint density at radius 1 is 1.10 bits per heavy atom. The lowest BCUT2D eigenvalue weighted by atomic mass is 10.1. The topological polar surface area (TPSA) is 69.7 Å². The number of para-hydroxylation sites is 1. The van der Waals surface area contributed by atoms with Gasteiger partial charge in [-0.3, -0.25) is 14.4 Å². The standard InChI is InChI=1S/C14H15ClO5/c1-19-14(18)9-10-5-2-3-6-11(10)20-13(17)8-4-7-12(15)16/h2-3,5-6H,4,7-9H2,1H3. The molecular weight excluding hydrogens is 284 g/mol. The van der Waals surface area contributed by atoms with Crippen LogP contribution in [0.4, 0.5) is 0 Å². The van der Waals surface area contributed by atoms with Gasteiger partial charge >= 0.3 is 11.9 Å². The molecule has 6 heteroatoms. The lowest BCUT2D eigenvalue weighted by Crippen LogP contribution is -2.11. The normalized spacial score (nSPS) is 9.90. The molecule has 1 rings (SSSR count). The number of rotatable bonds is 7. The van der Waals surface area contributed by atoms with Crippen LogP contribution in [0.1, 0.15) is 24.8 Å². The van der Waals surface area contributed by atoms with Gasteiger partial charge in [0.25, 0.3) is 0 Å². The van der Waals surface area contributed by atoms with Crippen LogP contribution in [0.15, 0.2) is 24.3 Å². The van der Waals surface area contributed by atoms with Crippen LogP contribution >= 0.6 is 11.6 Å². The highest BCUT2D eigenvalue weighted by molar-refractivity contribution is 6.63. The Hall–Kier alpha value is -1.88. The van der Waals surface area contributed by atoms with Crippen LogP contribution in [-0.2, 0) is 25.5 Å². The van der Waals surface area contributed by atoms with Crippen molar-refractivity contribution >= 4 is 28.8 Å². The first-order chi connectivity index (χ1) is 9.52. The molecular formula is C14H15ClO5. The summed E-state index contributed by atoms with van der Waals surface area (Å²) >= 11 is 5.18. The third kappa shape index (κ3) is 5.84. The number of hydrogen-bond acceptors (Lipinski definition) is 5. The van der Waals surface area contributed by atoms with Crippen LogP contribution in [0.2, 0.25) is 0 Å². The molecule has 0 saturated heterocycles. The van der Waals surface area contributed by atoms with Gasteiger partial charge in [0.15, 0.2) is 0 Å². The van der Waals surface area contributed by atoms with Gasteiger partial charge < -0.3 is 9.47 Å². The second kappa shape index (κ2) is 8.32. The average Bonchev–Trinajstić information content (AvgIpc) is 2.40. The van der Waals surface area contributed by atoms with Crippen LogP contribution in [-0.4, -0.2) is 24.3 Å². The molecule has 0 aliphatic rings. The Bertz CT molecular complexity index is 498. The zero-order valence-corrected chi connectivity index (χ0v) is 11.8. The fourth-order valence-corrected chi connectivity index (χ4v) is 1.66. The van der Waals surface area contributed by atoms with Gasteiger partial charge in [0, 0.05) is 18.4 Å². The second-order valence-corrected chi connectivity index (χ2v) is 4.46. The number of halogens is 1. The smallest absolute Gasteiger partial charge is 0.311 e. The van der Waals surface area contributed by atoms with Crippen LogP contribution in [0.5, 0.6) is 5.75 Å². The van der Waals surface area contributed by atoms with Crippen LogP contribution in [0.3, 0.4) is 0 Å². The van der Waals surface area contributed by atoms with Gasteiger partial charge in [0.2, 0.25) is 5.24 Å². The molecule has 0 N–H and O–H groups in total. The lowest BCUT2D eigenvalue weighted by Gasteiger charge is -2.09. The first kappa shape index (κ1) is 16.2. The zero-order chi connectivity index (χ0) is 15.0. The molecule has 108 valence electrons. The lowest BCUT2D eigenvalue weighted by molar-refractivity contribution is -0.140. The van der Waals surface area contributed by atoms with Gasteiger partial charge in [-0.25, -0.2) is 0 Å². The Kier molecular flexibility index (Phi) is 6.73. The van der Waals surface area contributed by atoms with E-state index in [1.54, 1.807) is 24.3 Å². The molecule has 0 aliphatic carbocycles. The molecule has 0 aliphatic heterocycles. The van der Waals surface area contributed by atoms with Crippen molar-refractivity contribution in [2.24, 2.45) is 0 Å². The molecule has 1 aromatic rings. The quantitative estimate of drug-likeness (QED) is 0.439. The molecule has 0 aromatic heterocycles. The van der Waals surface area contributed by atoms with Crippen molar-refractivity contribution < 1.29 is 23.9 Å². The van der Waals surface area contributed by atoms with E-state index in [9.17, 15) is 14.4 Å². The number of carbonyl (C=O) groups is 3. The van der Waals surface area contributed by atoms with E-state index in [1.807, 2.05) is 0 Å². The zero-order valence-electron chi connectivity index (χ0n) is 11.1. The summed E-state index contributed by atoms with van der Waals surface area (Å²) in [4.78, 5) is 33.4. The van der Waals surface area contributed by atoms with E-state index in [0.29, 0.717) is 17.7 Å². The molecule has 1 aromatic carbocycles. The predicted octanol–water partition coefficient (Wildman–Crippen LogP) is 2.24. The molecule has 0 spiro atoms. The monoisotopic (exact) mass is 298 g/mol. The summed E-state index contributed by atoms with van der Waals surface area (Å²) < 4.78 is 9.75. The predicted molar refractivity (Wildman–Crippen MR) is 72.5 cm³/mol. The molecule has 5 nitrogen and oxygen atoms in total. The Balaban J connectivity index is 2.60. The fourth-order valence-electron chi connectivity index (χ4n) is 1.52. The first-order valence-electron chi connectivity index (χ1n) is 6.06. The van der Waals surface area contributed by atoms with E-state index in [2.05, 4.69) is 4.74 Å². The van der Waals surface area contributed by atoms with Crippen LogP contribution in [0.25, 0.3) is 0 Å². The molecule has 20 heavy (non-hydrogen) atoms. The third-order valence-corrected chi connectivity index (χ3v) is 2.70. The molecule has 0 fully saturated rings. The van der Waals surface area contributed by atoms with Crippen molar-refractivity contribution in [2.45, 2.75) is 25.7 Å². The minimum absolute atomic E-state index is 0.0279. The van der Waals surface area contributed by atoms with E-state index in [1.165, 1.54) is 7.11 Å². The van der Waals surface area contributed by atoms with Gasteiger partial charge in [0.1, 0.15) is 5.75 Å². The Morgan fingerprint density at radius 3 is 2.45 bits per heavy atom. The fraction of sp³-hybridized carbons (Fsp3) is 0.357. The van der Waals surface area contributed by atoms with Gasteiger partial charge in [-0.2, -0.15) is 0 Å². The molecule has 0 saturated carbocycles. The van der Waals surface area contributed by atoms with Crippen molar-refractivity contribution in [3.63, 3.8) is 0 Å². The molecule has 0 unspecified atom stereocenters. The van der Waals surface area contributed by atoms with Crippen molar-refractivity contribution in [1.82, 2.24) is 0 Å². The number of methoxy groups -OCH3 is 1. The molecule has 0 bridgehead atoms. The highest BCUT2D eigenvalue weighted by Gasteiger charge is 2.12. The van der Waals surface area contributed by atoms with Gasteiger partial charge in [0.05, 0.1) is 13.5 Å². The highest BCUT2D eigenvalue weighted by Crippen LogP contribution is 2.19. The van der Waals surface area contributed by atoms with E-state index >= 15 is 0 Å². The SMILES string of the molecule is COC(=O)Cc1ccccc1OC(=O)CCCC(=O)Cl. The summed E-state index contributed by atoms with van der Waals surface area (Å²) in [7, 11) is 1.29. The van der Waals surface area contributed by atoms with Crippen molar-refractivity contribution in [2.75, 3.05) is 7.11 Å². The summed E-state index contributed by atoms with van der Waals surface area (Å²) in [5.74, 6) is -0.568. The number of ether oxygens (including phenoxy) is 2. The first-order valence-corrected chi connectivity index (χ1v) is 6.44. The van der Waals surface area contributed by atoms with Crippen molar-refractivity contribution in [3.8, 4) is 5.75 Å². The Labute approximate surface area is 121 Å². The van der Waals surface area contributed by atoms with E-state index in [-0.39, 0.29) is 19.3 Å². The summed E-state index contributed by atoms with van der Waals surface area (Å²) in [5.41, 5.74) is 0.570. The minimum Gasteiger partial charge on any atom is -0.469 e. The van der Waals surface area contributed by atoms with Crippen LogP contribution in [0, 0.1) is 0 Å². The third-order valence-electron chi connectivity index (χ3n) is 2.51. The molecule has 0 heterocycles. The van der Waals surface area contributed by atoms with Gasteiger partial charge in [-0.1, -0.05) is 18.2 Å². The van der Waals surface area contributed by atoms with E-state index < -0.39 is 17.2 Å². The number of benzene rings is 1. The highest BCUT2D eigenvalue weighted by atomic mass is 35.5. The molecule has 0 radical (unpaired) electrons. The van der Waals surface area contributed by atoms with Gasteiger partial charge in [-0.05, 0) is 24.1 Å². The Morgan fingerprint density at radius 2 is 1.80 bits per heavy atom. The second-order valence-electron chi connectivity index (χ2n) is 4.04. The van der Waals surface area contributed by atoms with Gasteiger partial charge in [-0.15, -0.1) is 0 Å².